The maximum Gasteiger partial charge on any atom is 0.252 e. The standard InChI is InChI=1S/C25H28FN7O/c1-3-33-22-10-9-18(12-17(22)14-29-33)30-24-19(23(28)34)13-20(26)25(32-24)31-21(15(2)27)11-16-7-5-4-6-8-16/h4-10,12-15,21H,3,11,27H2,1-2H3,(H2,28,34)(H2,30,31,32)/t15-,21+/m0/s1. The maximum absolute atomic E-state index is 14.9. The van der Waals surface area contributed by atoms with Crippen molar-refractivity contribution >= 4 is 34.1 Å². The molecule has 2 aromatic carbocycles. The lowest BCUT2D eigenvalue weighted by atomic mass is 10.0. The average Bonchev–Trinajstić information content (AvgIpc) is 3.23. The van der Waals surface area contributed by atoms with Crippen molar-refractivity contribution in [1.29, 1.82) is 0 Å². The van der Waals surface area contributed by atoms with E-state index in [0.717, 1.165) is 29.1 Å². The zero-order chi connectivity index (χ0) is 24.2. The number of hydrogen-bond donors (Lipinski definition) is 4. The lowest BCUT2D eigenvalue weighted by Crippen LogP contribution is -2.40. The number of fused-ring (bicyclic) bond motifs is 1. The van der Waals surface area contributed by atoms with Crippen molar-refractivity contribution in [2.75, 3.05) is 10.6 Å². The highest BCUT2D eigenvalue weighted by atomic mass is 19.1. The molecule has 0 fully saturated rings. The lowest BCUT2D eigenvalue weighted by Gasteiger charge is -2.24. The maximum atomic E-state index is 14.9. The minimum atomic E-state index is -0.784. The number of anilines is 3. The van der Waals surface area contributed by atoms with E-state index in [1.807, 2.05) is 67.1 Å². The van der Waals surface area contributed by atoms with Gasteiger partial charge in [0.25, 0.3) is 5.91 Å². The Hall–Kier alpha value is -3.98. The summed E-state index contributed by atoms with van der Waals surface area (Å²) in [4.78, 5) is 16.4. The number of nitrogens with zero attached hydrogens (tertiary/aromatic N) is 3. The number of halogens is 1. The molecule has 0 aliphatic carbocycles. The Bertz CT molecular complexity index is 1300. The van der Waals surface area contributed by atoms with Crippen LogP contribution in [0.25, 0.3) is 10.9 Å². The van der Waals surface area contributed by atoms with Gasteiger partial charge in [-0.25, -0.2) is 9.37 Å². The number of primary amides is 1. The number of carbonyl (C=O) groups excluding carboxylic acids is 1. The van der Waals surface area contributed by atoms with Gasteiger partial charge >= 0.3 is 0 Å². The molecule has 0 unspecified atom stereocenters. The lowest BCUT2D eigenvalue weighted by molar-refractivity contribution is 0.100. The van der Waals surface area contributed by atoms with Crippen LogP contribution in [0.5, 0.6) is 0 Å². The third kappa shape index (κ3) is 4.99. The first kappa shape index (κ1) is 23.2. The van der Waals surface area contributed by atoms with Crippen molar-refractivity contribution < 1.29 is 9.18 Å². The molecular formula is C25H28FN7O. The van der Waals surface area contributed by atoms with E-state index in [1.54, 1.807) is 6.20 Å². The summed E-state index contributed by atoms with van der Waals surface area (Å²) in [6.07, 6.45) is 2.35. The summed E-state index contributed by atoms with van der Waals surface area (Å²) in [6, 6.07) is 16.0. The average molecular weight is 462 g/mol. The fourth-order valence-electron chi connectivity index (χ4n) is 3.84. The van der Waals surface area contributed by atoms with E-state index in [2.05, 4.69) is 20.7 Å². The van der Waals surface area contributed by atoms with Crippen molar-refractivity contribution in [2.24, 2.45) is 11.5 Å². The molecule has 34 heavy (non-hydrogen) atoms. The van der Waals surface area contributed by atoms with E-state index in [0.29, 0.717) is 12.1 Å². The van der Waals surface area contributed by atoms with Crippen LogP contribution in [0, 0.1) is 5.82 Å². The van der Waals surface area contributed by atoms with Crippen LogP contribution in [0.2, 0.25) is 0 Å². The number of carbonyl (C=O) groups is 1. The van der Waals surface area contributed by atoms with Gasteiger partial charge in [-0.1, -0.05) is 30.3 Å². The van der Waals surface area contributed by atoms with E-state index in [9.17, 15) is 9.18 Å². The minimum absolute atomic E-state index is 0.00869. The van der Waals surface area contributed by atoms with Gasteiger partial charge in [-0.15, -0.1) is 0 Å². The minimum Gasteiger partial charge on any atom is -0.365 e. The highest BCUT2D eigenvalue weighted by molar-refractivity contribution is 5.99. The number of benzene rings is 2. The first-order valence-electron chi connectivity index (χ1n) is 11.1. The highest BCUT2D eigenvalue weighted by Crippen LogP contribution is 2.27. The van der Waals surface area contributed by atoms with E-state index < -0.39 is 11.7 Å². The zero-order valence-corrected chi connectivity index (χ0v) is 19.1. The van der Waals surface area contributed by atoms with Crippen molar-refractivity contribution in [3.05, 3.63) is 77.7 Å². The van der Waals surface area contributed by atoms with Crippen LogP contribution in [0.4, 0.5) is 21.7 Å². The van der Waals surface area contributed by atoms with Gasteiger partial charge in [0.1, 0.15) is 5.82 Å². The molecule has 1 amide bonds. The second-order valence-corrected chi connectivity index (χ2v) is 8.24. The van der Waals surface area contributed by atoms with Crippen LogP contribution in [0.1, 0.15) is 29.8 Å². The molecule has 176 valence electrons. The number of amides is 1. The molecule has 0 saturated heterocycles. The number of nitrogens with one attached hydrogen (secondary N) is 2. The first-order chi connectivity index (χ1) is 16.4. The molecule has 2 atom stereocenters. The molecule has 9 heteroatoms. The number of hydrogen-bond acceptors (Lipinski definition) is 6. The van der Waals surface area contributed by atoms with Gasteiger partial charge in [-0.3, -0.25) is 9.48 Å². The Kier molecular flexibility index (Phi) is 6.74. The third-order valence-electron chi connectivity index (χ3n) is 5.70. The predicted molar refractivity (Wildman–Crippen MR) is 133 cm³/mol. The van der Waals surface area contributed by atoms with E-state index in [4.69, 9.17) is 11.5 Å². The molecular weight excluding hydrogens is 433 g/mol. The molecule has 4 aromatic rings. The third-order valence-corrected chi connectivity index (χ3v) is 5.70. The SMILES string of the molecule is CCn1ncc2cc(Nc3nc(N[C@H](Cc4ccccc4)[C@H](C)N)c(F)cc3C(N)=O)ccc21. The first-order valence-corrected chi connectivity index (χ1v) is 11.1. The predicted octanol–water partition coefficient (Wildman–Crippen LogP) is 3.80. The molecule has 0 saturated carbocycles. The monoisotopic (exact) mass is 461 g/mol. The normalized spacial score (nSPS) is 12.9. The summed E-state index contributed by atoms with van der Waals surface area (Å²) < 4.78 is 16.8. The summed E-state index contributed by atoms with van der Waals surface area (Å²) >= 11 is 0. The molecule has 4 rings (SSSR count). The van der Waals surface area contributed by atoms with Crippen LogP contribution >= 0.6 is 0 Å². The van der Waals surface area contributed by atoms with Crippen LogP contribution in [0.3, 0.4) is 0 Å². The molecule has 0 spiro atoms. The van der Waals surface area contributed by atoms with Gasteiger partial charge in [0.2, 0.25) is 0 Å². The number of pyridine rings is 1. The molecule has 2 aromatic heterocycles. The summed E-state index contributed by atoms with van der Waals surface area (Å²) in [5.74, 6) is -1.32. The Morgan fingerprint density at radius 1 is 1.15 bits per heavy atom. The van der Waals surface area contributed by atoms with Gasteiger partial charge in [0.15, 0.2) is 11.6 Å². The quantitative estimate of drug-likeness (QED) is 0.301. The molecule has 6 N–H and O–H groups in total. The summed E-state index contributed by atoms with van der Waals surface area (Å²) in [7, 11) is 0. The van der Waals surface area contributed by atoms with Crippen molar-refractivity contribution in [1.82, 2.24) is 14.8 Å². The Morgan fingerprint density at radius 2 is 1.91 bits per heavy atom. The van der Waals surface area contributed by atoms with Gasteiger partial charge < -0.3 is 22.1 Å². The Labute approximate surface area is 197 Å². The van der Waals surface area contributed by atoms with Crippen molar-refractivity contribution in [3.8, 4) is 0 Å². The summed E-state index contributed by atoms with van der Waals surface area (Å²) in [6.45, 7) is 4.61. The number of aryl methyl sites for hydroxylation is 1. The molecule has 0 aliphatic heterocycles. The van der Waals surface area contributed by atoms with Crippen LogP contribution in [-0.2, 0) is 13.0 Å². The molecule has 0 bridgehead atoms. The topological polar surface area (TPSA) is 124 Å². The van der Waals surface area contributed by atoms with E-state index >= 15 is 0 Å². The molecule has 8 nitrogen and oxygen atoms in total. The fourth-order valence-corrected chi connectivity index (χ4v) is 3.84. The highest BCUT2D eigenvalue weighted by Gasteiger charge is 2.21. The second kappa shape index (κ2) is 9.88. The van der Waals surface area contributed by atoms with Gasteiger partial charge in [-0.2, -0.15) is 5.10 Å². The smallest absolute Gasteiger partial charge is 0.252 e. The number of rotatable bonds is 9. The molecule has 0 radical (unpaired) electrons. The fraction of sp³-hybridized carbons (Fsp3) is 0.240. The van der Waals surface area contributed by atoms with Crippen molar-refractivity contribution in [3.63, 3.8) is 0 Å². The molecule has 2 heterocycles. The zero-order valence-electron chi connectivity index (χ0n) is 19.1. The van der Waals surface area contributed by atoms with Crippen LogP contribution in [-0.4, -0.2) is 32.8 Å². The largest absolute Gasteiger partial charge is 0.365 e. The summed E-state index contributed by atoms with van der Waals surface area (Å²) in [5.41, 5.74) is 14.4. The van der Waals surface area contributed by atoms with Crippen LogP contribution < -0.4 is 22.1 Å². The number of nitrogens with two attached hydrogens (primary N) is 2. The van der Waals surface area contributed by atoms with E-state index in [-0.39, 0.29) is 29.3 Å². The number of aromatic nitrogens is 3. The molecule has 0 aliphatic rings. The second-order valence-electron chi connectivity index (χ2n) is 8.24. The van der Waals surface area contributed by atoms with Gasteiger partial charge in [-0.05, 0) is 50.1 Å². The Balaban J connectivity index is 1.65. The van der Waals surface area contributed by atoms with Crippen molar-refractivity contribution in [2.45, 2.75) is 38.9 Å². The van der Waals surface area contributed by atoms with Gasteiger partial charge in [0, 0.05) is 29.7 Å². The Morgan fingerprint density at radius 3 is 2.59 bits per heavy atom. The van der Waals surface area contributed by atoms with Crippen LogP contribution in [0.15, 0.2) is 60.8 Å². The van der Waals surface area contributed by atoms with E-state index in [1.165, 1.54) is 0 Å². The summed E-state index contributed by atoms with van der Waals surface area (Å²) in [5, 5.41) is 11.5. The van der Waals surface area contributed by atoms with Gasteiger partial charge in [0.05, 0.1) is 17.3 Å².